The van der Waals surface area contributed by atoms with E-state index in [0.29, 0.717) is 0 Å². The van der Waals surface area contributed by atoms with Crippen LogP contribution in [0.5, 0.6) is 5.75 Å². The number of hydrogen-bond donors (Lipinski definition) is 2. The summed E-state index contributed by atoms with van der Waals surface area (Å²) in [6, 6.07) is 11.0. The van der Waals surface area contributed by atoms with E-state index in [4.69, 9.17) is 4.74 Å². The summed E-state index contributed by atoms with van der Waals surface area (Å²) in [5.41, 5.74) is 0.840. The van der Waals surface area contributed by atoms with Gasteiger partial charge in [0.25, 0.3) is 0 Å². The van der Waals surface area contributed by atoms with Crippen LogP contribution in [-0.2, 0) is 11.8 Å². The molecule has 26 heavy (non-hydrogen) atoms. The van der Waals surface area contributed by atoms with Crippen LogP contribution in [0.25, 0.3) is 6.08 Å². The monoisotopic (exact) mass is 355 g/mol. The lowest BCUT2D eigenvalue weighted by atomic mass is 10.0. The Morgan fingerprint density at radius 2 is 2.04 bits per heavy atom. The van der Waals surface area contributed by atoms with Crippen LogP contribution in [0.1, 0.15) is 31.4 Å². The Bertz CT molecular complexity index is 742. The van der Waals surface area contributed by atoms with E-state index in [1.807, 2.05) is 43.4 Å². The number of nitrogens with zero attached hydrogens (tertiary/aromatic N) is 2. The molecule has 1 heterocycles. The van der Waals surface area contributed by atoms with Crippen LogP contribution in [0, 0.1) is 0 Å². The molecule has 0 radical (unpaired) electrons. The Hall–Kier alpha value is -2.60. The molecule has 1 fully saturated rings. The molecule has 1 amide bonds. The van der Waals surface area contributed by atoms with Crippen molar-refractivity contribution in [3.8, 4) is 5.75 Å². The SMILES string of the molecule is Cn1nccc1/C=C/C(=O)N[C@@H]1CCCC[C@@H](Oc2ccccc2)[C@@H]1O. The molecule has 2 aromatic rings. The Kier molecular flexibility index (Phi) is 6.07. The van der Waals surface area contributed by atoms with Crippen molar-refractivity contribution in [3.63, 3.8) is 0 Å². The molecule has 0 bridgehead atoms. The summed E-state index contributed by atoms with van der Waals surface area (Å²) in [4.78, 5) is 12.3. The number of nitrogens with one attached hydrogen (secondary N) is 1. The summed E-state index contributed by atoms with van der Waals surface area (Å²) >= 11 is 0. The van der Waals surface area contributed by atoms with Gasteiger partial charge in [-0.1, -0.05) is 24.6 Å². The first-order valence-corrected chi connectivity index (χ1v) is 9.00. The summed E-state index contributed by atoms with van der Waals surface area (Å²) in [6.45, 7) is 0. The van der Waals surface area contributed by atoms with Crippen molar-refractivity contribution in [2.45, 2.75) is 43.9 Å². The predicted octanol–water partition coefficient (Wildman–Crippen LogP) is 2.30. The highest BCUT2D eigenvalue weighted by atomic mass is 16.5. The average Bonchev–Trinajstić information content (AvgIpc) is 2.99. The molecule has 6 nitrogen and oxygen atoms in total. The number of carbonyl (C=O) groups is 1. The van der Waals surface area contributed by atoms with Crippen LogP contribution in [0.15, 0.2) is 48.7 Å². The number of para-hydroxylation sites is 1. The second-order valence-electron chi connectivity index (χ2n) is 6.57. The van der Waals surface area contributed by atoms with Gasteiger partial charge in [-0.05, 0) is 43.5 Å². The Labute approximate surface area is 153 Å². The molecule has 1 aliphatic carbocycles. The topological polar surface area (TPSA) is 76.4 Å². The lowest BCUT2D eigenvalue weighted by Crippen LogP contribution is -2.48. The van der Waals surface area contributed by atoms with Crippen LogP contribution in [0.3, 0.4) is 0 Å². The Morgan fingerprint density at radius 3 is 2.77 bits per heavy atom. The van der Waals surface area contributed by atoms with Crippen LogP contribution in [-0.4, -0.2) is 39.0 Å². The van der Waals surface area contributed by atoms with E-state index in [0.717, 1.165) is 37.1 Å². The molecule has 1 aromatic heterocycles. The second-order valence-corrected chi connectivity index (χ2v) is 6.57. The van der Waals surface area contributed by atoms with Crippen molar-refractivity contribution in [1.82, 2.24) is 15.1 Å². The van der Waals surface area contributed by atoms with Gasteiger partial charge >= 0.3 is 0 Å². The third-order valence-corrected chi connectivity index (χ3v) is 4.67. The molecule has 0 saturated heterocycles. The zero-order chi connectivity index (χ0) is 18.4. The standard InChI is InChI=1S/C20H25N3O3/c1-23-15(13-14-21-23)11-12-19(24)22-17-9-5-6-10-18(20(17)25)26-16-7-3-2-4-8-16/h2-4,7-8,11-14,17-18,20,25H,5-6,9-10H2,1H3,(H,22,24)/b12-11+/t17-,18-,20-/m1/s1. The number of amides is 1. The number of hydrogen-bond acceptors (Lipinski definition) is 4. The van der Waals surface area contributed by atoms with Gasteiger partial charge in [-0.2, -0.15) is 5.10 Å². The lowest BCUT2D eigenvalue weighted by Gasteiger charge is -2.28. The van der Waals surface area contributed by atoms with Gasteiger partial charge in [0, 0.05) is 19.3 Å². The molecule has 1 aromatic carbocycles. The molecule has 0 aliphatic heterocycles. The first kappa shape index (κ1) is 18.2. The smallest absolute Gasteiger partial charge is 0.244 e. The minimum Gasteiger partial charge on any atom is -0.488 e. The van der Waals surface area contributed by atoms with Gasteiger partial charge in [0.15, 0.2) is 0 Å². The Balaban J connectivity index is 1.61. The molecule has 2 N–H and O–H groups in total. The number of aliphatic hydroxyl groups is 1. The van der Waals surface area contributed by atoms with E-state index < -0.39 is 6.10 Å². The van der Waals surface area contributed by atoms with Crippen LogP contribution < -0.4 is 10.1 Å². The van der Waals surface area contributed by atoms with Crippen molar-refractivity contribution in [3.05, 3.63) is 54.4 Å². The summed E-state index contributed by atoms with van der Waals surface area (Å²) in [7, 11) is 1.82. The van der Waals surface area contributed by atoms with Crippen LogP contribution in [0.4, 0.5) is 0 Å². The number of carbonyl (C=O) groups excluding carboxylic acids is 1. The maximum atomic E-state index is 12.3. The highest BCUT2D eigenvalue weighted by Gasteiger charge is 2.32. The van der Waals surface area contributed by atoms with Gasteiger partial charge in [0.05, 0.1) is 11.7 Å². The molecule has 0 spiro atoms. The molecule has 138 valence electrons. The predicted molar refractivity (Wildman–Crippen MR) is 99.5 cm³/mol. The minimum absolute atomic E-state index is 0.226. The van der Waals surface area contributed by atoms with Crippen LogP contribution in [0.2, 0.25) is 0 Å². The normalized spacial score (nSPS) is 23.5. The molecule has 1 aliphatic rings. The number of benzene rings is 1. The number of aryl methyl sites for hydroxylation is 1. The molecular weight excluding hydrogens is 330 g/mol. The van der Waals surface area contributed by atoms with Crippen molar-refractivity contribution >= 4 is 12.0 Å². The number of aliphatic hydroxyl groups excluding tert-OH is 1. The molecule has 3 atom stereocenters. The molecule has 3 rings (SSSR count). The third-order valence-electron chi connectivity index (χ3n) is 4.67. The van der Waals surface area contributed by atoms with E-state index in [-0.39, 0.29) is 18.1 Å². The summed E-state index contributed by atoms with van der Waals surface area (Å²) in [6.07, 6.45) is 7.21. The highest BCUT2D eigenvalue weighted by molar-refractivity contribution is 5.91. The van der Waals surface area contributed by atoms with Crippen molar-refractivity contribution in [2.24, 2.45) is 7.05 Å². The summed E-state index contributed by atoms with van der Waals surface area (Å²) in [5.74, 6) is 0.509. The maximum Gasteiger partial charge on any atom is 0.244 e. The molecular formula is C20H25N3O3. The van der Waals surface area contributed by atoms with E-state index in [2.05, 4.69) is 10.4 Å². The summed E-state index contributed by atoms with van der Waals surface area (Å²) < 4.78 is 7.65. The van der Waals surface area contributed by atoms with Gasteiger partial charge in [0.2, 0.25) is 5.91 Å². The maximum absolute atomic E-state index is 12.3. The summed E-state index contributed by atoms with van der Waals surface area (Å²) in [5, 5.41) is 17.7. The van der Waals surface area contributed by atoms with Crippen molar-refractivity contribution in [1.29, 1.82) is 0 Å². The number of rotatable bonds is 5. The fraction of sp³-hybridized carbons (Fsp3) is 0.400. The van der Waals surface area contributed by atoms with Crippen molar-refractivity contribution in [2.75, 3.05) is 0 Å². The van der Waals surface area contributed by atoms with Crippen molar-refractivity contribution < 1.29 is 14.6 Å². The molecule has 6 heteroatoms. The minimum atomic E-state index is -0.744. The lowest BCUT2D eigenvalue weighted by molar-refractivity contribution is -0.118. The highest BCUT2D eigenvalue weighted by Crippen LogP contribution is 2.23. The zero-order valence-electron chi connectivity index (χ0n) is 14.9. The largest absolute Gasteiger partial charge is 0.488 e. The molecule has 0 unspecified atom stereocenters. The fourth-order valence-corrected chi connectivity index (χ4v) is 3.21. The second kappa shape index (κ2) is 8.67. The van der Waals surface area contributed by atoms with Gasteiger partial charge in [0.1, 0.15) is 18.0 Å². The van der Waals surface area contributed by atoms with E-state index in [1.165, 1.54) is 6.08 Å². The zero-order valence-corrected chi connectivity index (χ0v) is 14.9. The van der Waals surface area contributed by atoms with Gasteiger partial charge in [-0.3, -0.25) is 9.48 Å². The number of aromatic nitrogens is 2. The quantitative estimate of drug-likeness (QED) is 0.637. The average molecular weight is 355 g/mol. The van der Waals surface area contributed by atoms with E-state index in [1.54, 1.807) is 17.0 Å². The van der Waals surface area contributed by atoms with Gasteiger partial charge in [-0.25, -0.2) is 0 Å². The fourth-order valence-electron chi connectivity index (χ4n) is 3.21. The third kappa shape index (κ3) is 4.73. The van der Waals surface area contributed by atoms with E-state index >= 15 is 0 Å². The van der Waals surface area contributed by atoms with E-state index in [9.17, 15) is 9.90 Å². The van der Waals surface area contributed by atoms with Crippen LogP contribution >= 0.6 is 0 Å². The first-order chi connectivity index (χ1) is 12.6. The first-order valence-electron chi connectivity index (χ1n) is 9.00. The number of ether oxygens (including phenoxy) is 1. The van der Waals surface area contributed by atoms with Gasteiger partial charge in [-0.15, -0.1) is 0 Å². The Morgan fingerprint density at radius 1 is 1.27 bits per heavy atom. The molecule has 1 saturated carbocycles. The van der Waals surface area contributed by atoms with Gasteiger partial charge < -0.3 is 15.2 Å².